The normalized spacial score (nSPS) is 17.4. The van der Waals surface area contributed by atoms with Gasteiger partial charge >= 0.3 is 0 Å². The van der Waals surface area contributed by atoms with Crippen LogP contribution in [0.4, 0.5) is 5.82 Å². The molecular weight excluding hydrogens is 246 g/mol. The van der Waals surface area contributed by atoms with Crippen LogP contribution >= 0.6 is 11.6 Å². The largest absolute Gasteiger partial charge is 0.369 e. The Labute approximate surface area is 112 Å². The van der Waals surface area contributed by atoms with E-state index in [-0.39, 0.29) is 0 Å². The molecule has 0 saturated heterocycles. The fourth-order valence-electron chi connectivity index (χ4n) is 2.44. The first kappa shape index (κ1) is 11.7. The minimum Gasteiger partial charge on any atom is -0.369 e. The average molecular weight is 262 g/mol. The van der Waals surface area contributed by atoms with Crippen molar-refractivity contribution in [1.82, 2.24) is 9.97 Å². The summed E-state index contributed by atoms with van der Waals surface area (Å²) in [5.41, 5.74) is 1.30. The Morgan fingerprint density at radius 3 is 2.78 bits per heavy atom. The Morgan fingerprint density at radius 2 is 2.06 bits per heavy atom. The number of aromatic nitrogens is 2. The van der Waals surface area contributed by atoms with E-state index in [1.54, 1.807) is 0 Å². The first-order valence-electron chi connectivity index (χ1n) is 6.32. The summed E-state index contributed by atoms with van der Waals surface area (Å²) in [4.78, 5) is 8.54. The lowest BCUT2D eigenvalue weighted by Gasteiger charge is -2.38. The third-order valence-corrected chi connectivity index (χ3v) is 3.99. The van der Waals surface area contributed by atoms with Gasteiger partial charge in [0.2, 0.25) is 5.28 Å². The Morgan fingerprint density at radius 1 is 1.28 bits per heavy atom. The van der Waals surface area contributed by atoms with E-state index in [9.17, 15) is 0 Å². The molecular formula is C14H16ClN3. The molecule has 1 aromatic heterocycles. The standard InChI is InChI=1S/C14H16ClN3/c1-14(7-4-8-14)9-16-12-10-5-2-3-6-11(10)17-13(15)18-12/h2-3,5-6H,4,7-9H2,1H3,(H,16,17,18). The van der Waals surface area contributed by atoms with Crippen molar-refractivity contribution in [3.05, 3.63) is 29.5 Å². The van der Waals surface area contributed by atoms with E-state index in [0.717, 1.165) is 23.3 Å². The molecule has 3 rings (SSSR count). The molecule has 0 spiro atoms. The van der Waals surface area contributed by atoms with Crippen LogP contribution < -0.4 is 5.32 Å². The molecule has 1 fully saturated rings. The van der Waals surface area contributed by atoms with Crippen molar-refractivity contribution < 1.29 is 0 Å². The lowest BCUT2D eigenvalue weighted by Crippen LogP contribution is -2.33. The molecule has 0 unspecified atom stereocenters. The summed E-state index contributed by atoms with van der Waals surface area (Å²) in [6, 6.07) is 7.94. The molecule has 0 amide bonds. The quantitative estimate of drug-likeness (QED) is 0.852. The second-order valence-electron chi connectivity index (χ2n) is 5.38. The number of para-hydroxylation sites is 1. The highest BCUT2D eigenvalue weighted by atomic mass is 35.5. The van der Waals surface area contributed by atoms with Gasteiger partial charge in [0.15, 0.2) is 0 Å². The highest BCUT2D eigenvalue weighted by molar-refractivity contribution is 6.28. The summed E-state index contributed by atoms with van der Waals surface area (Å²) in [7, 11) is 0. The molecule has 1 aliphatic carbocycles. The number of hydrogen-bond acceptors (Lipinski definition) is 3. The maximum absolute atomic E-state index is 5.96. The number of hydrogen-bond donors (Lipinski definition) is 1. The van der Waals surface area contributed by atoms with Gasteiger partial charge in [-0.3, -0.25) is 0 Å². The van der Waals surface area contributed by atoms with Gasteiger partial charge in [0.1, 0.15) is 5.82 Å². The predicted molar refractivity (Wildman–Crippen MR) is 75.0 cm³/mol. The molecule has 1 saturated carbocycles. The molecule has 0 radical (unpaired) electrons. The van der Waals surface area contributed by atoms with Gasteiger partial charge in [0.25, 0.3) is 0 Å². The van der Waals surface area contributed by atoms with E-state index >= 15 is 0 Å². The van der Waals surface area contributed by atoms with Crippen LogP contribution in [0.3, 0.4) is 0 Å². The van der Waals surface area contributed by atoms with Gasteiger partial charge in [-0.1, -0.05) is 25.5 Å². The van der Waals surface area contributed by atoms with Crippen LogP contribution in [0.1, 0.15) is 26.2 Å². The number of fused-ring (bicyclic) bond motifs is 1. The first-order valence-corrected chi connectivity index (χ1v) is 6.70. The van der Waals surface area contributed by atoms with Crippen LogP contribution in [0.5, 0.6) is 0 Å². The van der Waals surface area contributed by atoms with E-state index < -0.39 is 0 Å². The Bertz CT molecular complexity index is 578. The van der Waals surface area contributed by atoms with Gasteiger partial charge in [-0.2, -0.15) is 0 Å². The van der Waals surface area contributed by atoms with Gasteiger partial charge in [-0.15, -0.1) is 0 Å². The molecule has 2 aromatic rings. The van der Waals surface area contributed by atoms with Crippen LogP contribution in [-0.2, 0) is 0 Å². The summed E-state index contributed by atoms with van der Waals surface area (Å²) in [6.07, 6.45) is 3.91. The van der Waals surface area contributed by atoms with Crippen LogP contribution in [0, 0.1) is 5.41 Å². The molecule has 1 aromatic carbocycles. The Balaban J connectivity index is 1.90. The molecule has 1 heterocycles. The Hall–Kier alpha value is -1.35. The SMILES string of the molecule is CC1(CNc2nc(Cl)nc3ccccc23)CCC1. The minimum absolute atomic E-state index is 0.301. The van der Waals surface area contributed by atoms with Gasteiger partial charge in [-0.05, 0) is 42.0 Å². The van der Waals surface area contributed by atoms with Crippen LogP contribution in [0.25, 0.3) is 10.9 Å². The summed E-state index contributed by atoms with van der Waals surface area (Å²) < 4.78 is 0. The average Bonchev–Trinajstić information content (AvgIpc) is 2.33. The van der Waals surface area contributed by atoms with Crippen molar-refractivity contribution in [3.8, 4) is 0 Å². The molecule has 18 heavy (non-hydrogen) atoms. The molecule has 0 aliphatic heterocycles. The highest BCUT2D eigenvalue weighted by Gasteiger charge is 2.31. The maximum Gasteiger partial charge on any atom is 0.224 e. The van der Waals surface area contributed by atoms with Crippen LogP contribution in [0.15, 0.2) is 24.3 Å². The molecule has 0 atom stereocenters. The molecule has 1 N–H and O–H groups in total. The topological polar surface area (TPSA) is 37.8 Å². The predicted octanol–water partition coefficient (Wildman–Crippen LogP) is 3.89. The van der Waals surface area contributed by atoms with Crippen molar-refractivity contribution in [1.29, 1.82) is 0 Å². The van der Waals surface area contributed by atoms with Crippen LogP contribution in [-0.4, -0.2) is 16.5 Å². The number of halogens is 1. The molecule has 3 nitrogen and oxygen atoms in total. The van der Waals surface area contributed by atoms with Gasteiger partial charge in [0.05, 0.1) is 5.52 Å². The molecule has 0 bridgehead atoms. The lowest BCUT2D eigenvalue weighted by atomic mass is 9.70. The van der Waals surface area contributed by atoms with Gasteiger partial charge < -0.3 is 5.32 Å². The van der Waals surface area contributed by atoms with Crippen molar-refractivity contribution in [2.75, 3.05) is 11.9 Å². The zero-order valence-electron chi connectivity index (χ0n) is 10.4. The third-order valence-electron chi connectivity index (χ3n) is 3.82. The number of nitrogens with one attached hydrogen (secondary N) is 1. The minimum atomic E-state index is 0.301. The second-order valence-corrected chi connectivity index (χ2v) is 5.71. The zero-order chi connectivity index (χ0) is 12.6. The summed E-state index contributed by atoms with van der Waals surface area (Å²) in [5.74, 6) is 0.846. The van der Waals surface area contributed by atoms with E-state index in [4.69, 9.17) is 11.6 Å². The third kappa shape index (κ3) is 2.15. The Kier molecular flexibility index (Phi) is 2.86. The molecule has 1 aliphatic rings. The van der Waals surface area contributed by atoms with Crippen molar-refractivity contribution in [2.45, 2.75) is 26.2 Å². The van der Waals surface area contributed by atoms with E-state index in [2.05, 4.69) is 22.2 Å². The maximum atomic E-state index is 5.96. The zero-order valence-corrected chi connectivity index (χ0v) is 11.2. The van der Waals surface area contributed by atoms with Gasteiger partial charge in [0, 0.05) is 11.9 Å². The van der Waals surface area contributed by atoms with E-state index in [1.807, 2.05) is 24.3 Å². The summed E-state index contributed by atoms with van der Waals surface area (Å²) in [6.45, 7) is 3.26. The lowest BCUT2D eigenvalue weighted by molar-refractivity contribution is 0.180. The van der Waals surface area contributed by atoms with Gasteiger partial charge in [-0.25, -0.2) is 9.97 Å². The second kappa shape index (κ2) is 4.39. The van der Waals surface area contributed by atoms with Crippen molar-refractivity contribution >= 4 is 28.3 Å². The monoisotopic (exact) mass is 261 g/mol. The van der Waals surface area contributed by atoms with Crippen LogP contribution in [0.2, 0.25) is 5.28 Å². The van der Waals surface area contributed by atoms with Crippen molar-refractivity contribution in [3.63, 3.8) is 0 Å². The smallest absolute Gasteiger partial charge is 0.224 e. The molecule has 4 heteroatoms. The fraction of sp³-hybridized carbons (Fsp3) is 0.429. The van der Waals surface area contributed by atoms with E-state index in [1.165, 1.54) is 19.3 Å². The summed E-state index contributed by atoms with van der Waals surface area (Å²) in [5, 5.41) is 4.77. The fourth-order valence-corrected chi connectivity index (χ4v) is 2.61. The number of benzene rings is 1. The van der Waals surface area contributed by atoms with E-state index in [0.29, 0.717) is 10.7 Å². The molecule has 94 valence electrons. The number of anilines is 1. The highest BCUT2D eigenvalue weighted by Crippen LogP contribution is 2.40. The van der Waals surface area contributed by atoms with Crippen molar-refractivity contribution in [2.24, 2.45) is 5.41 Å². The summed E-state index contributed by atoms with van der Waals surface area (Å²) >= 11 is 5.96. The number of rotatable bonds is 3. The first-order chi connectivity index (χ1) is 8.66. The number of nitrogens with zero attached hydrogens (tertiary/aromatic N) is 2.